The standard InChI is InChI=1S/C29H38N8O3/c1-22(37(4)26(38)11-9-18-36(2)3)28(39)32-16-8-6-7-10-24-21-33-29(35-27(24)31-17-19-40-5)34-25-14-12-23(20-30)13-15-25/h9,11-15,21-22H,6,8,16-19H2,1-5H3,(H,32,39)(H2,31,33,34,35)/b11-9+/t22-/m0/s1. The highest BCUT2D eigenvalue weighted by atomic mass is 16.5. The molecule has 0 bridgehead atoms. The number of ether oxygens (including phenoxy) is 1. The van der Waals surface area contributed by atoms with Crippen molar-refractivity contribution in [3.8, 4) is 17.9 Å². The van der Waals surface area contributed by atoms with Gasteiger partial charge in [0.2, 0.25) is 17.8 Å². The van der Waals surface area contributed by atoms with Gasteiger partial charge in [0.15, 0.2) is 0 Å². The van der Waals surface area contributed by atoms with Gasteiger partial charge in [0.05, 0.1) is 30.0 Å². The van der Waals surface area contributed by atoms with Gasteiger partial charge in [-0.2, -0.15) is 10.2 Å². The molecule has 0 saturated carbocycles. The van der Waals surface area contributed by atoms with Crippen molar-refractivity contribution in [2.45, 2.75) is 25.8 Å². The van der Waals surface area contributed by atoms with Gasteiger partial charge in [0, 0.05) is 52.0 Å². The molecule has 0 aliphatic heterocycles. The first-order chi connectivity index (χ1) is 19.2. The second kappa shape index (κ2) is 17.2. The second-order valence-corrected chi connectivity index (χ2v) is 9.18. The van der Waals surface area contributed by atoms with Crippen LogP contribution in [0.25, 0.3) is 0 Å². The van der Waals surface area contributed by atoms with E-state index in [1.54, 1.807) is 57.6 Å². The SMILES string of the molecule is COCCNc1nc(Nc2ccc(C#N)cc2)ncc1C#CCCCNC(=O)[C@H](C)N(C)C(=O)/C=C/CN(C)C. The number of benzene rings is 1. The third kappa shape index (κ3) is 11.1. The topological polar surface area (TPSA) is 136 Å². The lowest BCUT2D eigenvalue weighted by atomic mass is 10.2. The molecule has 0 fully saturated rings. The van der Waals surface area contributed by atoms with Crippen molar-refractivity contribution in [2.24, 2.45) is 0 Å². The van der Waals surface area contributed by atoms with E-state index >= 15 is 0 Å². The van der Waals surface area contributed by atoms with Gasteiger partial charge in [-0.3, -0.25) is 9.59 Å². The Morgan fingerprint density at radius 3 is 2.60 bits per heavy atom. The number of methoxy groups -OCH3 is 1. The first kappa shape index (κ1) is 31.8. The minimum Gasteiger partial charge on any atom is -0.383 e. The zero-order chi connectivity index (χ0) is 29.3. The van der Waals surface area contributed by atoms with Crippen LogP contribution in [0, 0.1) is 23.2 Å². The molecule has 2 aromatic rings. The van der Waals surface area contributed by atoms with Crippen molar-refractivity contribution in [1.82, 2.24) is 25.1 Å². The number of amides is 2. The number of rotatable bonds is 14. The number of unbranched alkanes of at least 4 members (excludes halogenated alkanes) is 1. The molecule has 0 unspecified atom stereocenters. The van der Waals surface area contributed by atoms with Crippen LogP contribution in [0.15, 0.2) is 42.6 Å². The van der Waals surface area contributed by atoms with Gasteiger partial charge in [-0.1, -0.05) is 17.9 Å². The quantitative estimate of drug-likeness (QED) is 0.185. The van der Waals surface area contributed by atoms with Crippen LogP contribution in [0.4, 0.5) is 17.5 Å². The van der Waals surface area contributed by atoms with Crippen LogP contribution < -0.4 is 16.0 Å². The van der Waals surface area contributed by atoms with Crippen molar-refractivity contribution in [3.05, 3.63) is 53.7 Å². The Bertz CT molecular complexity index is 1240. The molecule has 1 heterocycles. The minimum absolute atomic E-state index is 0.215. The summed E-state index contributed by atoms with van der Waals surface area (Å²) in [6.45, 7) is 3.84. The number of nitriles is 1. The molecule has 11 nitrogen and oxygen atoms in total. The monoisotopic (exact) mass is 546 g/mol. The molecule has 2 rings (SSSR count). The number of hydrogen-bond donors (Lipinski definition) is 3. The lowest BCUT2D eigenvalue weighted by Crippen LogP contribution is -2.45. The second-order valence-electron chi connectivity index (χ2n) is 9.18. The molecule has 0 aliphatic rings. The summed E-state index contributed by atoms with van der Waals surface area (Å²) in [5.74, 6) is 6.74. The molecule has 0 saturated heterocycles. The summed E-state index contributed by atoms with van der Waals surface area (Å²) in [5.41, 5.74) is 1.97. The number of aromatic nitrogens is 2. The smallest absolute Gasteiger partial charge is 0.246 e. The Kier molecular flexibility index (Phi) is 13.7. The van der Waals surface area contributed by atoms with Gasteiger partial charge in [0.1, 0.15) is 11.9 Å². The van der Waals surface area contributed by atoms with E-state index in [2.05, 4.69) is 43.8 Å². The van der Waals surface area contributed by atoms with Crippen LogP contribution in [0.5, 0.6) is 0 Å². The van der Waals surface area contributed by atoms with Crippen LogP contribution in [-0.2, 0) is 14.3 Å². The van der Waals surface area contributed by atoms with E-state index in [0.29, 0.717) is 62.0 Å². The summed E-state index contributed by atoms with van der Waals surface area (Å²) in [6.07, 6.45) is 6.10. The van der Waals surface area contributed by atoms with E-state index in [4.69, 9.17) is 10.00 Å². The highest BCUT2D eigenvalue weighted by Gasteiger charge is 2.20. The predicted octanol–water partition coefficient (Wildman–Crippen LogP) is 2.36. The fraction of sp³-hybridized carbons (Fsp3) is 0.414. The molecule has 212 valence electrons. The molecule has 11 heteroatoms. The highest BCUT2D eigenvalue weighted by Crippen LogP contribution is 2.17. The number of nitrogens with one attached hydrogen (secondary N) is 3. The summed E-state index contributed by atoms with van der Waals surface area (Å²) in [6, 6.07) is 8.50. The lowest BCUT2D eigenvalue weighted by Gasteiger charge is -2.23. The van der Waals surface area contributed by atoms with E-state index in [9.17, 15) is 9.59 Å². The molecule has 0 aliphatic carbocycles. The third-order valence-electron chi connectivity index (χ3n) is 5.70. The molecule has 1 aromatic heterocycles. The lowest BCUT2D eigenvalue weighted by molar-refractivity contribution is -0.135. The van der Waals surface area contributed by atoms with Gasteiger partial charge < -0.3 is 30.5 Å². The summed E-state index contributed by atoms with van der Waals surface area (Å²) in [5, 5.41) is 18.2. The van der Waals surface area contributed by atoms with E-state index in [-0.39, 0.29) is 11.8 Å². The van der Waals surface area contributed by atoms with Crippen LogP contribution in [0.2, 0.25) is 0 Å². The molecule has 0 radical (unpaired) electrons. The highest BCUT2D eigenvalue weighted by molar-refractivity contribution is 5.92. The van der Waals surface area contributed by atoms with E-state index in [1.165, 1.54) is 11.0 Å². The first-order valence-corrected chi connectivity index (χ1v) is 13.0. The van der Waals surface area contributed by atoms with Gasteiger partial charge >= 0.3 is 0 Å². The maximum Gasteiger partial charge on any atom is 0.246 e. The Labute approximate surface area is 236 Å². The van der Waals surface area contributed by atoms with Gasteiger partial charge in [-0.05, 0) is 51.7 Å². The number of carbonyl (C=O) groups is 2. The van der Waals surface area contributed by atoms with Crippen molar-refractivity contribution < 1.29 is 14.3 Å². The fourth-order valence-electron chi connectivity index (χ4n) is 3.24. The van der Waals surface area contributed by atoms with Crippen LogP contribution >= 0.6 is 0 Å². The Balaban J connectivity index is 1.90. The zero-order valence-electron chi connectivity index (χ0n) is 23.8. The normalized spacial score (nSPS) is 11.3. The molecule has 1 aromatic carbocycles. The number of carbonyl (C=O) groups excluding carboxylic acids is 2. The van der Waals surface area contributed by atoms with Gasteiger partial charge in [-0.15, -0.1) is 0 Å². The average Bonchev–Trinajstić information content (AvgIpc) is 2.95. The summed E-state index contributed by atoms with van der Waals surface area (Å²) >= 11 is 0. The van der Waals surface area contributed by atoms with Crippen LogP contribution in [0.1, 0.15) is 30.9 Å². The predicted molar refractivity (Wildman–Crippen MR) is 156 cm³/mol. The Morgan fingerprint density at radius 2 is 1.93 bits per heavy atom. The van der Waals surface area contributed by atoms with Crippen molar-refractivity contribution >= 4 is 29.3 Å². The average molecular weight is 547 g/mol. The summed E-state index contributed by atoms with van der Waals surface area (Å²) in [7, 11) is 7.07. The molecule has 1 atom stereocenters. The largest absolute Gasteiger partial charge is 0.383 e. The van der Waals surface area contributed by atoms with Crippen molar-refractivity contribution in [1.29, 1.82) is 5.26 Å². The first-order valence-electron chi connectivity index (χ1n) is 13.0. The number of nitrogens with zero attached hydrogens (tertiary/aromatic N) is 5. The molecular weight excluding hydrogens is 508 g/mol. The summed E-state index contributed by atoms with van der Waals surface area (Å²) in [4.78, 5) is 37.0. The third-order valence-corrected chi connectivity index (χ3v) is 5.70. The van der Waals surface area contributed by atoms with Crippen LogP contribution in [0.3, 0.4) is 0 Å². The van der Waals surface area contributed by atoms with Gasteiger partial charge in [0.25, 0.3) is 0 Å². The maximum atomic E-state index is 12.5. The molecule has 3 N–H and O–H groups in total. The molecule has 0 spiro atoms. The fourth-order valence-corrected chi connectivity index (χ4v) is 3.24. The number of anilines is 3. The summed E-state index contributed by atoms with van der Waals surface area (Å²) < 4.78 is 5.12. The van der Waals surface area contributed by atoms with E-state index < -0.39 is 6.04 Å². The van der Waals surface area contributed by atoms with Gasteiger partial charge in [-0.25, -0.2) is 4.98 Å². The van der Waals surface area contributed by atoms with Crippen molar-refractivity contribution in [3.63, 3.8) is 0 Å². The van der Waals surface area contributed by atoms with E-state index in [0.717, 1.165) is 5.69 Å². The minimum atomic E-state index is -0.586. The molecule has 2 amide bonds. The van der Waals surface area contributed by atoms with Crippen molar-refractivity contribution in [2.75, 3.05) is 65.1 Å². The number of hydrogen-bond acceptors (Lipinski definition) is 9. The van der Waals surface area contributed by atoms with Crippen LogP contribution in [-0.4, -0.2) is 92.1 Å². The maximum absolute atomic E-state index is 12.5. The molecule has 40 heavy (non-hydrogen) atoms. The Morgan fingerprint density at radius 1 is 1.18 bits per heavy atom. The number of likely N-dealkylation sites (N-methyl/N-ethyl adjacent to an activating group) is 2. The molecular formula is C29H38N8O3. The van der Waals surface area contributed by atoms with E-state index in [1.807, 2.05) is 19.0 Å². The zero-order valence-corrected chi connectivity index (χ0v) is 23.8. The Hall–Kier alpha value is -4.45.